The summed E-state index contributed by atoms with van der Waals surface area (Å²) in [7, 11) is 4.99. The van der Waals surface area contributed by atoms with Gasteiger partial charge in [0.25, 0.3) is 0 Å². The van der Waals surface area contributed by atoms with Crippen molar-refractivity contribution in [1.29, 1.82) is 0 Å². The SMILES string of the molecule is COc1ccc(N2CCN(C(=S)NCCc3ccc(OC)c(OC)c3)CC2)cc1. The molecule has 0 radical (unpaired) electrons. The number of nitrogens with one attached hydrogen (secondary N) is 1. The van der Waals surface area contributed by atoms with Crippen molar-refractivity contribution in [3.05, 3.63) is 48.0 Å². The van der Waals surface area contributed by atoms with Gasteiger partial charge in [0.1, 0.15) is 5.75 Å². The van der Waals surface area contributed by atoms with E-state index >= 15 is 0 Å². The second-order valence-electron chi connectivity index (χ2n) is 6.84. The summed E-state index contributed by atoms with van der Waals surface area (Å²) >= 11 is 5.60. The maximum Gasteiger partial charge on any atom is 0.169 e. The molecule has 0 spiro atoms. The first-order chi connectivity index (χ1) is 14.1. The van der Waals surface area contributed by atoms with Gasteiger partial charge in [0.2, 0.25) is 0 Å². The number of piperazine rings is 1. The van der Waals surface area contributed by atoms with Gasteiger partial charge < -0.3 is 29.3 Å². The zero-order valence-electron chi connectivity index (χ0n) is 17.3. The molecule has 0 aliphatic carbocycles. The van der Waals surface area contributed by atoms with E-state index in [4.69, 9.17) is 26.4 Å². The number of ether oxygens (including phenoxy) is 3. The van der Waals surface area contributed by atoms with E-state index in [1.54, 1.807) is 21.3 Å². The molecule has 1 heterocycles. The van der Waals surface area contributed by atoms with Gasteiger partial charge in [0.05, 0.1) is 21.3 Å². The Morgan fingerprint density at radius 2 is 1.59 bits per heavy atom. The fourth-order valence-corrected chi connectivity index (χ4v) is 3.71. The molecule has 0 amide bonds. The molecule has 7 heteroatoms. The standard InChI is InChI=1S/C22H29N3O3S/c1-26-19-7-5-18(6-8-19)24-12-14-25(15-13-24)22(29)23-11-10-17-4-9-20(27-2)21(16-17)28-3/h4-9,16H,10-15H2,1-3H3,(H,23,29). The molecule has 1 aliphatic heterocycles. The number of benzene rings is 2. The Morgan fingerprint density at radius 1 is 0.897 bits per heavy atom. The number of hydrogen-bond donors (Lipinski definition) is 1. The highest BCUT2D eigenvalue weighted by molar-refractivity contribution is 7.80. The highest BCUT2D eigenvalue weighted by atomic mass is 32.1. The van der Waals surface area contributed by atoms with Gasteiger partial charge in [-0.25, -0.2) is 0 Å². The smallest absolute Gasteiger partial charge is 0.169 e. The van der Waals surface area contributed by atoms with Crippen LogP contribution in [0.25, 0.3) is 0 Å². The Labute approximate surface area is 178 Å². The third kappa shape index (κ3) is 5.44. The third-order valence-corrected chi connectivity index (χ3v) is 5.54. The molecule has 1 fully saturated rings. The first-order valence-electron chi connectivity index (χ1n) is 9.77. The summed E-state index contributed by atoms with van der Waals surface area (Å²) in [6, 6.07) is 14.2. The van der Waals surface area contributed by atoms with Crippen LogP contribution in [-0.4, -0.2) is 64.1 Å². The highest BCUT2D eigenvalue weighted by Crippen LogP contribution is 2.27. The summed E-state index contributed by atoms with van der Waals surface area (Å²) in [5.41, 5.74) is 2.40. The summed E-state index contributed by atoms with van der Waals surface area (Å²) in [4.78, 5) is 4.62. The molecule has 3 rings (SSSR count). The van der Waals surface area contributed by atoms with E-state index in [1.807, 2.05) is 24.3 Å². The molecule has 1 saturated heterocycles. The Bertz CT molecular complexity index is 805. The Kier molecular flexibility index (Phi) is 7.41. The maximum absolute atomic E-state index is 5.60. The molecule has 0 bridgehead atoms. The lowest BCUT2D eigenvalue weighted by Crippen LogP contribution is -2.52. The molecule has 1 aliphatic rings. The number of hydrogen-bond acceptors (Lipinski definition) is 5. The largest absolute Gasteiger partial charge is 0.497 e. The van der Waals surface area contributed by atoms with E-state index < -0.39 is 0 Å². The predicted octanol–water partition coefficient (Wildman–Crippen LogP) is 2.95. The molecule has 29 heavy (non-hydrogen) atoms. The van der Waals surface area contributed by atoms with E-state index in [9.17, 15) is 0 Å². The summed E-state index contributed by atoms with van der Waals surface area (Å²) in [5.74, 6) is 2.38. The van der Waals surface area contributed by atoms with Gasteiger partial charge >= 0.3 is 0 Å². The van der Waals surface area contributed by atoms with Gasteiger partial charge in [-0.2, -0.15) is 0 Å². The third-order valence-electron chi connectivity index (χ3n) is 5.14. The van der Waals surface area contributed by atoms with Gasteiger partial charge in [0, 0.05) is 38.4 Å². The van der Waals surface area contributed by atoms with Crippen LogP contribution < -0.4 is 24.4 Å². The average Bonchev–Trinajstić information content (AvgIpc) is 2.79. The molecule has 0 aromatic heterocycles. The van der Waals surface area contributed by atoms with Gasteiger partial charge in [-0.15, -0.1) is 0 Å². The van der Waals surface area contributed by atoms with Crippen LogP contribution >= 0.6 is 12.2 Å². The van der Waals surface area contributed by atoms with E-state index in [-0.39, 0.29) is 0 Å². The molecule has 2 aromatic rings. The van der Waals surface area contributed by atoms with Crippen LogP contribution in [0.5, 0.6) is 17.2 Å². The van der Waals surface area contributed by atoms with Crippen LogP contribution in [-0.2, 0) is 6.42 Å². The first kappa shape index (κ1) is 21.0. The summed E-state index contributed by atoms with van der Waals surface area (Å²) < 4.78 is 15.9. The number of anilines is 1. The molecule has 156 valence electrons. The van der Waals surface area contributed by atoms with Crippen LogP contribution in [0.4, 0.5) is 5.69 Å². The molecule has 0 saturated carbocycles. The van der Waals surface area contributed by atoms with Crippen molar-refractivity contribution in [3.63, 3.8) is 0 Å². The lowest BCUT2D eigenvalue weighted by atomic mass is 10.1. The van der Waals surface area contributed by atoms with E-state index in [0.29, 0.717) is 0 Å². The number of thiocarbonyl (C=S) groups is 1. The Morgan fingerprint density at radius 3 is 2.21 bits per heavy atom. The van der Waals surface area contributed by atoms with Crippen molar-refractivity contribution in [3.8, 4) is 17.2 Å². The first-order valence-corrected chi connectivity index (χ1v) is 10.2. The van der Waals surface area contributed by atoms with Crippen LogP contribution in [0.3, 0.4) is 0 Å². The molecule has 1 N–H and O–H groups in total. The van der Waals surface area contributed by atoms with Gasteiger partial charge in [-0.1, -0.05) is 6.07 Å². The van der Waals surface area contributed by atoms with Crippen molar-refractivity contribution in [2.75, 3.05) is 59.0 Å². The topological polar surface area (TPSA) is 46.2 Å². The minimum atomic E-state index is 0.745. The second kappa shape index (κ2) is 10.2. The fourth-order valence-electron chi connectivity index (χ4n) is 3.42. The molecule has 0 atom stereocenters. The van der Waals surface area contributed by atoms with E-state index in [0.717, 1.165) is 61.5 Å². The Hall–Kier alpha value is -2.67. The van der Waals surface area contributed by atoms with Crippen LogP contribution in [0.1, 0.15) is 5.56 Å². The normalized spacial score (nSPS) is 13.8. The van der Waals surface area contributed by atoms with Gasteiger partial charge in [-0.3, -0.25) is 0 Å². The summed E-state index contributed by atoms with van der Waals surface area (Å²) in [6.07, 6.45) is 0.867. The van der Waals surface area contributed by atoms with Crippen molar-refractivity contribution < 1.29 is 14.2 Å². The number of nitrogens with zero attached hydrogens (tertiary/aromatic N) is 2. The molecular formula is C22H29N3O3S. The predicted molar refractivity (Wildman–Crippen MR) is 121 cm³/mol. The van der Waals surface area contributed by atoms with Crippen molar-refractivity contribution >= 4 is 23.0 Å². The van der Waals surface area contributed by atoms with Gasteiger partial charge in [0.15, 0.2) is 16.6 Å². The van der Waals surface area contributed by atoms with Crippen molar-refractivity contribution in [2.24, 2.45) is 0 Å². The van der Waals surface area contributed by atoms with Crippen molar-refractivity contribution in [2.45, 2.75) is 6.42 Å². The minimum Gasteiger partial charge on any atom is -0.497 e. The highest BCUT2D eigenvalue weighted by Gasteiger charge is 2.19. The molecule has 6 nitrogen and oxygen atoms in total. The number of rotatable bonds is 7. The quantitative estimate of drug-likeness (QED) is 0.698. The van der Waals surface area contributed by atoms with Crippen LogP contribution in [0.15, 0.2) is 42.5 Å². The minimum absolute atomic E-state index is 0.745. The number of methoxy groups -OCH3 is 3. The van der Waals surface area contributed by atoms with E-state index in [2.05, 4.69) is 33.3 Å². The average molecular weight is 416 g/mol. The van der Waals surface area contributed by atoms with E-state index in [1.165, 1.54) is 11.3 Å². The summed E-state index contributed by atoms with van der Waals surface area (Å²) in [5, 5.41) is 4.21. The lowest BCUT2D eigenvalue weighted by Gasteiger charge is -2.37. The molecular weight excluding hydrogens is 386 g/mol. The lowest BCUT2D eigenvalue weighted by molar-refractivity contribution is 0.354. The zero-order valence-corrected chi connectivity index (χ0v) is 18.1. The Balaban J connectivity index is 1.44. The fraction of sp³-hybridized carbons (Fsp3) is 0.409. The molecule has 2 aromatic carbocycles. The second-order valence-corrected chi connectivity index (χ2v) is 7.23. The van der Waals surface area contributed by atoms with Crippen molar-refractivity contribution in [1.82, 2.24) is 10.2 Å². The van der Waals surface area contributed by atoms with Crippen LogP contribution in [0.2, 0.25) is 0 Å². The zero-order chi connectivity index (χ0) is 20.6. The van der Waals surface area contributed by atoms with Gasteiger partial charge in [-0.05, 0) is 60.6 Å². The van der Waals surface area contributed by atoms with Crippen LogP contribution in [0, 0.1) is 0 Å². The summed E-state index contributed by atoms with van der Waals surface area (Å²) in [6.45, 7) is 4.50. The maximum atomic E-state index is 5.60. The molecule has 0 unspecified atom stereocenters. The monoisotopic (exact) mass is 415 g/mol.